The first-order valence-corrected chi connectivity index (χ1v) is 5.33. The van der Waals surface area contributed by atoms with Gasteiger partial charge in [-0.25, -0.2) is 0 Å². The van der Waals surface area contributed by atoms with Crippen LogP contribution in [0, 0.1) is 0 Å². The summed E-state index contributed by atoms with van der Waals surface area (Å²) in [7, 11) is 0. The molecule has 0 fully saturated rings. The van der Waals surface area contributed by atoms with Crippen LogP contribution in [0.5, 0.6) is 5.75 Å². The van der Waals surface area contributed by atoms with Crippen LogP contribution in [0.3, 0.4) is 0 Å². The summed E-state index contributed by atoms with van der Waals surface area (Å²) in [5.74, 6) is 0.0231. The number of rotatable bonds is 5. The lowest BCUT2D eigenvalue weighted by molar-refractivity contribution is 0.103. The molecule has 1 aromatic rings. The van der Waals surface area contributed by atoms with Crippen molar-refractivity contribution in [2.45, 2.75) is 19.0 Å². The lowest BCUT2D eigenvalue weighted by Crippen LogP contribution is -2.48. The molecule has 16 heavy (non-hydrogen) atoms. The number of hydrogen-bond donors (Lipinski definition) is 4. The second-order valence-corrected chi connectivity index (χ2v) is 4.39. The fourth-order valence-corrected chi connectivity index (χ4v) is 1.37. The minimum atomic E-state index is -0.769. The Bertz CT molecular complexity index is 353. The number of phenols is 1. The smallest absolute Gasteiger partial charge is 0.138 e. The highest BCUT2D eigenvalue weighted by Crippen LogP contribution is 2.26. The lowest BCUT2D eigenvalue weighted by Gasteiger charge is -2.26. The Morgan fingerprint density at radius 1 is 1.31 bits per heavy atom. The van der Waals surface area contributed by atoms with Crippen molar-refractivity contribution < 1.29 is 15.3 Å². The first kappa shape index (κ1) is 13.3. The molecular weight excluding hydrogens is 230 g/mol. The van der Waals surface area contributed by atoms with Crippen molar-refractivity contribution in [1.82, 2.24) is 5.32 Å². The molecule has 0 saturated heterocycles. The summed E-state index contributed by atoms with van der Waals surface area (Å²) >= 11 is 5.76. The summed E-state index contributed by atoms with van der Waals surface area (Å²) < 4.78 is 0. The van der Waals surface area contributed by atoms with Crippen molar-refractivity contribution in [3.8, 4) is 5.75 Å². The summed E-state index contributed by atoms with van der Waals surface area (Å²) in [5, 5.41) is 31.0. The van der Waals surface area contributed by atoms with Crippen molar-refractivity contribution >= 4 is 11.6 Å². The van der Waals surface area contributed by atoms with Crippen molar-refractivity contribution in [3.63, 3.8) is 0 Å². The molecular formula is C11H16ClNO3. The quantitative estimate of drug-likeness (QED) is 0.622. The van der Waals surface area contributed by atoms with Crippen molar-refractivity contribution in [2.75, 3.05) is 13.2 Å². The summed E-state index contributed by atoms with van der Waals surface area (Å²) in [5.41, 5.74) is -0.144. The predicted octanol–water partition coefficient (Wildman–Crippen LogP) is 0.878. The number of phenolic OH excluding ortho intramolecular Hbond substituents is 1. The summed E-state index contributed by atoms with van der Waals surface area (Å²) in [6, 6.07) is 5.05. The monoisotopic (exact) mass is 245 g/mol. The average molecular weight is 246 g/mol. The van der Waals surface area contributed by atoms with Gasteiger partial charge in [-0.15, -0.1) is 0 Å². The van der Waals surface area contributed by atoms with Crippen LogP contribution in [0.25, 0.3) is 0 Å². The largest absolute Gasteiger partial charge is 0.506 e. The molecule has 0 atom stereocenters. The molecule has 4 N–H and O–H groups in total. The van der Waals surface area contributed by atoms with Gasteiger partial charge in [-0.3, -0.25) is 0 Å². The van der Waals surface area contributed by atoms with E-state index in [2.05, 4.69) is 5.32 Å². The summed E-state index contributed by atoms with van der Waals surface area (Å²) in [6.45, 7) is 1.63. The third-order valence-corrected chi connectivity index (χ3v) is 2.78. The van der Waals surface area contributed by atoms with E-state index in [4.69, 9.17) is 21.8 Å². The molecule has 0 amide bonds. The molecule has 5 heteroatoms. The minimum absolute atomic E-state index is 0.0231. The topological polar surface area (TPSA) is 72.7 Å². The van der Waals surface area contributed by atoms with Gasteiger partial charge >= 0.3 is 0 Å². The Balaban J connectivity index is 2.71. The van der Waals surface area contributed by atoms with Gasteiger partial charge in [0.15, 0.2) is 0 Å². The van der Waals surface area contributed by atoms with Gasteiger partial charge in [0, 0.05) is 12.1 Å². The maximum Gasteiger partial charge on any atom is 0.138 e. The molecule has 0 aliphatic carbocycles. The van der Waals surface area contributed by atoms with Crippen LogP contribution in [0.2, 0.25) is 5.02 Å². The summed E-state index contributed by atoms with van der Waals surface area (Å²) in [6.07, 6.45) is 0. The molecule has 0 aromatic heterocycles. The zero-order valence-corrected chi connectivity index (χ0v) is 9.83. The second kappa shape index (κ2) is 5.50. The highest BCUT2D eigenvalue weighted by Gasteiger charge is 2.21. The van der Waals surface area contributed by atoms with Crippen LogP contribution in [0.15, 0.2) is 18.2 Å². The molecule has 4 nitrogen and oxygen atoms in total. The standard InChI is InChI=1S/C11H16ClNO3/c1-11(6-14,7-15)13-5-8-3-2-4-9(12)10(8)16/h2-4,13-16H,5-7H2,1H3. The van der Waals surface area contributed by atoms with E-state index in [1.54, 1.807) is 25.1 Å². The molecule has 0 aliphatic heterocycles. The number of para-hydroxylation sites is 1. The number of halogens is 1. The van der Waals surface area contributed by atoms with Crippen molar-refractivity contribution in [2.24, 2.45) is 0 Å². The Labute approximate surface area is 99.5 Å². The van der Waals surface area contributed by atoms with Gasteiger partial charge in [0.05, 0.1) is 23.8 Å². The number of aromatic hydroxyl groups is 1. The van der Waals surface area contributed by atoms with E-state index < -0.39 is 5.54 Å². The second-order valence-electron chi connectivity index (χ2n) is 3.98. The molecule has 0 bridgehead atoms. The number of aliphatic hydroxyl groups is 2. The van der Waals surface area contributed by atoms with Crippen LogP contribution in [-0.4, -0.2) is 34.1 Å². The van der Waals surface area contributed by atoms with Crippen LogP contribution in [0.1, 0.15) is 12.5 Å². The maximum absolute atomic E-state index is 9.64. The molecule has 1 rings (SSSR count). The molecule has 1 aromatic carbocycles. The SMILES string of the molecule is CC(CO)(CO)NCc1cccc(Cl)c1O. The van der Waals surface area contributed by atoms with Crippen LogP contribution in [-0.2, 0) is 6.54 Å². The third kappa shape index (κ3) is 3.09. The normalized spacial score (nSPS) is 11.8. The van der Waals surface area contributed by atoms with E-state index in [-0.39, 0.29) is 24.0 Å². The van der Waals surface area contributed by atoms with Crippen molar-refractivity contribution in [3.05, 3.63) is 28.8 Å². The fraction of sp³-hybridized carbons (Fsp3) is 0.455. The molecule has 0 heterocycles. The van der Waals surface area contributed by atoms with E-state index in [0.29, 0.717) is 12.1 Å². The molecule has 0 aliphatic rings. The third-order valence-electron chi connectivity index (χ3n) is 2.47. The van der Waals surface area contributed by atoms with Gasteiger partial charge in [0.25, 0.3) is 0 Å². The van der Waals surface area contributed by atoms with Crippen LogP contribution < -0.4 is 5.32 Å². The highest BCUT2D eigenvalue weighted by atomic mass is 35.5. The number of hydrogen-bond acceptors (Lipinski definition) is 4. The van der Waals surface area contributed by atoms with Crippen LogP contribution >= 0.6 is 11.6 Å². The number of aliphatic hydroxyl groups excluding tert-OH is 2. The van der Waals surface area contributed by atoms with E-state index in [0.717, 1.165) is 0 Å². The molecule has 0 radical (unpaired) electrons. The first-order valence-electron chi connectivity index (χ1n) is 4.95. The highest BCUT2D eigenvalue weighted by molar-refractivity contribution is 6.32. The van der Waals surface area contributed by atoms with Gasteiger partial charge in [-0.2, -0.15) is 0 Å². The number of nitrogens with one attached hydrogen (secondary N) is 1. The molecule has 0 saturated carbocycles. The molecule has 0 spiro atoms. The maximum atomic E-state index is 9.64. The minimum Gasteiger partial charge on any atom is -0.506 e. The predicted molar refractivity (Wildman–Crippen MR) is 62.5 cm³/mol. The lowest BCUT2D eigenvalue weighted by atomic mass is 10.0. The molecule has 90 valence electrons. The van der Waals surface area contributed by atoms with E-state index >= 15 is 0 Å². The van der Waals surface area contributed by atoms with Gasteiger partial charge in [-0.1, -0.05) is 23.7 Å². The van der Waals surface area contributed by atoms with Crippen molar-refractivity contribution in [1.29, 1.82) is 0 Å². The Hall–Kier alpha value is -0.810. The first-order chi connectivity index (χ1) is 7.52. The van der Waals surface area contributed by atoms with Gasteiger partial charge in [0.1, 0.15) is 5.75 Å². The van der Waals surface area contributed by atoms with Crippen LogP contribution in [0.4, 0.5) is 0 Å². The number of benzene rings is 1. The summed E-state index contributed by atoms with van der Waals surface area (Å²) in [4.78, 5) is 0. The van der Waals surface area contributed by atoms with E-state index in [1.165, 1.54) is 0 Å². The van der Waals surface area contributed by atoms with Gasteiger partial charge in [-0.05, 0) is 13.0 Å². The zero-order valence-electron chi connectivity index (χ0n) is 9.07. The fourth-order valence-electron chi connectivity index (χ4n) is 1.17. The molecule has 0 unspecified atom stereocenters. The van der Waals surface area contributed by atoms with E-state index in [9.17, 15) is 5.11 Å². The average Bonchev–Trinajstić information content (AvgIpc) is 2.31. The Morgan fingerprint density at radius 2 is 1.94 bits per heavy atom. The van der Waals surface area contributed by atoms with Gasteiger partial charge < -0.3 is 20.6 Å². The Morgan fingerprint density at radius 3 is 2.50 bits per heavy atom. The van der Waals surface area contributed by atoms with E-state index in [1.807, 2.05) is 0 Å². The Kier molecular flexibility index (Phi) is 4.56. The zero-order chi connectivity index (χ0) is 12.2. The van der Waals surface area contributed by atoms with Gasteiger partial charge in [0.2, 0.25) is 0 Å².